The van der Waals surface area contributed by atoms with Gasteiger partial charge in [-0.15, -0.1) is 0 Å². The maximum Gasteiger partial charge on any atom is 0.416 e. The van der Waals surface area contributed by atoms with E-state index in [0.717, 1.165) is 41.0 Å². The van der Waals surface area contributed by atoms with E-state index in [1.54, 1.807) is 43.7 Å². The van der Waals surface area contributed by atoms with E-state index in [-0.39, 0.29) is 22.4 Å². The molecule has 0 atom stereocenters. The van der Waals surface area contributed by atoms with E-state index >= 15 is 0 Å². The van der Waals surface area contributed by atoms with Gasteiger partial charge in [0.15, 0.2) is 11.6 Å². The lowest BCUT2D eigenvalue weighted by Crippen LogP contribution is -2.27. The SMILES string of the molecule is COc1cc(Nc2nc(NC(C)(C)C)ncc2C)ccc1F.Cc1cnc(NC(C)(C)C)nc1Nc1ccc(C(F)(F)F)cc1.Cc1cnc(NC(C)(C)C)nc1Nc1cccc(C(F)(F)F)c1. The average molecular weight is 953 g/mol. The van der Waals surface area contributed by atoms with E-state index in [0.29, 0.717) is 52.4 Å². The fourth-order valence-corrected chi connectivity index (χ4v) is 5.56. The number of benzene rings is 3. The number of methoxy groups -OCH3 is 1. The molecule has 0 saturated heterocycles. The van der Waals surface area contributed by atoms with Crippen LogP contribution in [0.2, 0.25) is 0 Å². The molecule has 3 aromatic carbocycles. The minimum absolute atomic E-state index is 0.133. The fourth-order valence-electron chi connectivity index (χ4n) is 5.56. The van der Waals surface area contributed by atoms with Gasteiger partial charge in [-0.2, -0.15) is 41.3 Å². The van der Waals surface area contributed by atoms with Crippen molar-refractivity contribution in [3.8, 4) is 5.75 Å². The summed E-state index contributed by atoms with van der Waals surface area (Å²) in [5, 5.41) is 18.6. The lowest BCUT2D eigenvalue weighted by atomic mass is 10.1. The van der Waals surface area contributed by atoms with Crippen molar-refractivity contribution in [1.82, 2.24) is 29.9 Å². The molecule has 366 valence electrons. The molecule has 68 heavy (non-hydrogen) atoms. The van der Waals surface area contributed by atoms with Crippen LogP contribution in [0, 0.1) is 26.6 Å². The molecule has 0 aliphatic heterocycles. The predicted octanol–water partition coefficient (Wildman–Crippen LogP) is 13.4. The van der Waals surface area contributed by atoms with E-state index in [1.807, 2.05) is 76.2 Å². The van der Waals surface area contributed by atoms with Gasteiger partial charge in [0.2, 0.25) is 17.8 Å². The maximum absolute atomic E-state index is 13.4. The van der Waals surface area contributed by atoms with Crippen LogP contribution in [-0.4, -0.2) is 53.6 Å². The third kappa shape index (κ3) is 17.7. The van der Waals surface area contributed by atoms with E-state index < -0.39 is 29.3 Å². The van der Waals surface area contributed by atoms with Crippen molar-refractivity contribution < 1.29 is 35.5 Å². The topological polar surface area (TPSA) is 159 Å². The van der Waals surface area contributed by atoms with Crippen LogP contribution in [0.1, 0.15) is 90.1 Å². The standard InChI is InChI=1S/2C16H19F3N4.C16H21FN4O/c1-10-9-20-14(23-15(2,3)4)22-13(10)21-12-7-5-11(6-8-12)16(17,18)19;1-10-9-20-14(23-15(2,3)4)22-13(10)21-12-7-5-6-11(8-12)16(17,18)19;1-10-9-18-15(21-16(2,3)4)20-14(10)19-11-6-7-12(17)13(8-11)22-5/h2*5-9H,1-4H3,(H2,20,21,22,23);6-9H,1-5H3,(H2,18,19,20,21). The summed E-state index contributed by atoms with van der Waals surface area (Å²) < 4.78 is 94.5. The van der Waals surface area contributed by atoms with E-state index in [9.17, 15) is 30.7 Å². The van der Waals surface area contributed by atoms with Gasteiger partial charge in [-0.25, -0.2) is 19.3 Å². The van der Waals surface area contributed by atoms with E-state index in [4.69, 9.17) is 4.74 Å². The third-order valence-electron chi connectivity index (χ3n) is 8.72. The van der Waals surface area contributed by atoms with Crippen molar-refractivity contribution in [3.05, 3.63) is 119 Å². The molecule has 0 unspecified atom stereocenters. The number of hydrogen-bond acceptors (Lipinski definition) is 13. The number of hydrogen-bond donors (Lipinski definition) is 6. The van der Waals surface area contributed by atoms with Gasteiger partial charge in [0, 0.05) is 75.0 Å². The number of alkyl halides is 6. The molecule has 3 heterocycles. The Hall–Kier alpha value is -6.99. The number of anilines is 9. The van der Waals surface area contributed by atoms with Crippen LogP contribution in [0.5, 0.6) is 5.75 Å². The summed E-state index contributed by atoms with van der Waals surface area (Å²) in [5.74, 6) is 2.87. The first-order valence-electron chi connectivity index (χ1n) is 21.2. The van der Waals surface area contributed by atoms with Crippen molar-refractivity contribution in [2.24, 2.45) is 0 Å². The Morgan fingerprint density at radius 3 is 1.19 bits per heavy atom. The molecule has 0 aliphatic carbocycles. The van der Waals surface area contributed by atoms with Gasteiger partial charge in [-0.1, -0.05) is 6.07 Å². The Balaban J connectivity index is 0.000000222. The minimum atomic E-state index is -4.38. The highest BCUT2D eigenvalue weighted by Gasteiger charge is 2.31. The highest BCUT2D eigenvalue weighted by Crippen LogP contribution is 2.33. The van der Waals surface area contributed by atoms with Crippen LogP contribution < -0.4 is 36.6 Å². The molecule has 6 N–H and O–H groups in total. The second-order valence-electron chi connectivity index (χ2n) is 18.7. The number of halogens is 7. The normalized spacial score (nSPS) is 11.8. The molecular weight excluding hydrogens is 894 g/mol. The molecule has 20 heteroatoms. The van der Waals surface area contributed by atoms with Crippen LogP contribution in [0.4, 0.5) is 83.1 Å². The molecule has 6 rings (SSSR count). The molecule has 13 nitrogen and oxygen atoms in total. The number of aryl methyl sites for hydroxylation is 3. The number of nitrogens with zero attached hydrogens (tertiary/aromatic N) is 6. The van der Waals surface area contributed by atoms with Gasteiger partial charge in [-0.05, 0) is 138 Å². The first-order chi connectivity index (χ1) is 31.4. The summed E-state index contributed by atoms with van der Waals surface area (Å²) in [7, 11) is 1.43. The highest BCUT2D eigenvalue weighted by atomic mass is 19.4. The highest BCUT2D eigenvalue weighted by molar-refractivity contribution is 5.63. The van der Waals surface area contributed by atoms with Gasteiger partial charge in [0.25, 0.3) is 0 Å². The average Bonchev–Trinajstić information content (AvgIpc) is 3.21. The third-order valence-corrected chi connectivity index (χ3v) is 8.72. The van der Waals surface area contributed by atoms with Gasteiger partial charge in [0.1, 0.15) is 17.5 Å². The van der Waals surface area contributed by atoms with Gasteiger partial charge < -0.3 is 36.6 Å². The Bertz CT molecular complexity index is 2600. The summed E-state index contributed by atoms with van der Waals surface area (Å²) in [6.45, 7) is 23.5. The fraction of sp³-hybridized carbons (Fsp3) is 0.375. The smallest absolute Gasteiger partial charge is 0.416 e. The molecule has 6 aromatic rings. The number of ether oxygens (including phenoxy) is 1. The van der Waals surface area contributed by atoms with Crippen LogP contribution in [-0.2, 0) is 12.4 Å². The van der Waals surface area contributed by atoms with Crippen molar-refractivity contribution in [1.29, 1.82) is 0 Å². The zero-order valence-electron chi connectivity index (χ0n) is 40.3. The monoisotopic (exact) mass is 952 g/mol. The number of rotatable bonds is 10. The quantitative estimate of drug-likeness (QED) is 0.0721. The Labute approximate surface area is 392 Å². The summed E-state index contributed by atoms with van der Waals surface area (Å²) in [6, 6.07) is 14.4. The summed E-state index contributed by atoms with van der Waals surface area (Å²) in [6.07, 6.45) is -3.70. The molecule has 0 aliphatic rings. The Morgan fingerprint density at radius 2 is 0.824 bits per heavy atom. The maximum atomic E-state index is 13.4. The van der Waals surface area contributed by atoms with Crippen LogP contribution in [0.25, 0.3) is 0 Å². The van der Waals surface area contributed by atoms with Crippen molar-refractivity contribution in [2.75, 3.05) is 39.0 Å². The lowest BCUT2D eigenvalue weighted by Gasteiger charge is -2.21. The van der Waals surface area contributed by atoms with Crippen LogP contribution in [0.15, 0.2) is 85.3 Å². The molecule has 3 aromatic heterocycles. The summed E-state index contributed by atoms with van der Waals surface area (Å²) in [4.78, 5) is 25.8. The van der Waals surface area contributed by atoms with Crippen molar-refractivity contribution in [3.63, 3.8) is 0 Å². The predicted molar refractivity (Wildman–Crippen MR) is 256 cm³/mol. The largest absolute Gasteiger partial charge is 0.494 e. The minimum Gasteiger partial charge on any atom is -0.494 e. The molecule has 0 spiro atoms. The molecule has 0 bridgehead atoms. The van der Waals surface area contributed by atoms with Crippen LogP contribution >= 0.6 is 0 Å². The molecule has 0 amide bonds. The van der Waals surface area contributed by atoms with E-state index in [2.05, 4.69) is 61.8 Å². The van der Waals surface area contributed by atoms with Gasteiger partial charge in [0.05, 0.1) is 18.2 Å². The molecule has 0 fully saturated rings. The molecule has 0 radical (unpaired) electrons. The first-order valence-corrected chi connectivity index (χ1v) is 21.2. The Kier molecular flexibility index (Phi) is 17.2. The van der Waals surface area contributed by atoms with Crippen molar-refractivity contribution >= 4 is 52.4 Å². The molecule has 0 saturated carbocycles. The van der Waals surface area contributed by atoms with Gasteiger partial charge >= 0.3 is 12.4 Å². The molecular formula is C48H59F7N12O. The second-order valence-corrected chi connectivity index (χ2v) is 18.7. The summed E-state index contributed by atoms with van der Waals surface area (Å²) >= 11 is 0. The number of aromatic nitrogens is 6. The Morgan fingerprint density at radius 1 is 0.456 bits per heavy atom. The zero-order chi connectivity index (χ0) is 50.8. The van der Waals surface area contributed by atoms with Crippen molar-refractivity contribution in [2.45, 2.75) is 112 Å². The van der Waals surface area contributed by atoms with Gasteiger partial charge in [-0.3, -0.25) is 0 Å². The van der Waals surface area contributed by atoms with Crippen LogP contribution in [0.3, 0.4) is 0 Å². The van der Waals surface area contributed by atoms with E-state index in [1.165, 1.54) is 31.4 Å². The first kappa shape index (κ1) is 53.6. The zero-order valence-corrected chi connectivity index (χ0v) is 40.3. The second kappa shape index (κ2) is 21.8. The lowest BCUT2D eigenvalue weighted by molar-refractivity contribution is -0.138. The summed E-state index contributed by atoms with van der Waals surface area (Å²) in [5.41, 5.74) is 2.04. The number of nitrogens with one attached hydrogen (secondary N) is 6.